The molecule has 3 aliphatic heterocycles. The second-order valence-corrected chi connectivity index (χ2v) is 12.4. The lowest BCUT2D eigenvalue weighted by Gasteiger charge is -2.49. The lowest BCUT2D eigenvalue weighted by molar-refractivity contribution is -0.143. The Morgan fingerprint density at radius 3 is 2.49 bits per heavy atom. The number of piperidine rings is 1. The standard InChI is InChI=1S/C30H39ClN6O2/c31-25-17-33-28(35-22-4-6-23(7-5-22)37-12-8-30(9-13-37)20-39-21-30)16-24(25)26-2-1-3-27(36-26)34-19-29(18-32)10-14-38-15-11-29/h1-3,16-17,22-23H,4-15,19-21H2,(H,33,35)(H,34,36). The Morgan fingerprint density at radius 2 is 1.79 bits per heavy atom. The highest BCUT2D eigenvalue weighted by molar-refractivity contribution is 6.33. The first kappa shape index (κ1) is 26.8. The van der Waals surface area contributed by atoms with E-state index in [9.17, 15) is 5.26 Å². The highest BCUT2D eigenvalue weighted by atomic mass is 35.5. The number of hydrogen-bond donors (Lipinski definition) is 2. The van der Waals surface area contributed by atoms with Crippen LogP contribution in [0.15, 0.2) is 30.5 Å². The molecule has 39 heavy (non-hydrogen) atoms. The molecule has 0 radical (unpaired) electrons. The van der Waals surface area contributed by atoms with Crippen molar-refractivity contribution < 1.29 is 9.47 Å². The molecule has 9 heteroatoms. The average Bonchev–Trinajstić information content (AvgIpc) is 2.97. The third kappa shape index (κ3) is 6.02. The van der Waals surface area contributed by atoms with Crippen LogP contribution in [0.5, 0.6) is 0 Å². The minimum Gasteiger partial charge on any atom is -0.381 e. The van der Waals surface area contributed by atoms with Gasteiger partial charge in [0, 0.05) is 49.0 Å². The summed E-state index contributed by atoms with van der Waals surface area (Å²) in [6.45, 7) is 6.20. The summed E-state index contributed by atoms with van der Waals surface area (Å²) in [5.74, 6) is 1.58. The average molecular weight is 551 g/mol. The normalized spacial score (nSPS) is 26.4. The van der Waals surface area contributed by atoms with E-state index in [2.05, 4.69) is 26.6 Å². The third-order valence-electron chi connectivity index (χ3n) is 9.42. The Balaban J connectivity index is 1.05. The molecular weight excluding hydrogens is 512 g/mol. The number of nitrogens with one attached hydrogen (secondary N) is 2. The topological polar surface area (TPSA) is 95.3 Å². The third-order valence-corrected chi connectivity index (χ3v) is 9.72. The Hall–Kier alpha value is -2.44. The van der Waals surface area contributed by atoms with Gasteiger partial charge in [-0.25, -0.2) is 9.97 Å². The number of nitriles is 1. The van der Waals surface area contributed by atoms with Crippen LogP contribution in [0.4, 0.5) is 11.6 Å². The first-order chi connectivity index (χ1) is 19.1. The summed E-state index contributed by atoms with van der Waals surface area (Å²) in [7, 11) is 0. The van der Waals surface area contributed by atoms with E-state index in [0.29, 0.717) is 42.3 Å². The zero-order valence-corrected chi connectivity index (χ0v) is 23.4. The van der Waals surface area contributed by atoms with E-state index < -0.39 is 5.41 Å². The van der Waals surface area contributed by atoms with E-state index in [0.717, 1.165) is 61.8 Å². The predicted octanol–water partition coefficient (Wildman–Crippen LogP) is 5.36. The molecule has 0 unspecified atom stereocenters. The van der Waals surface area contributed by atoms with E-state index in [1.807, 2.05) is 24.3 Å². The van der Waals surface area contributed by atoms with Crippen LogP contribution in [0.2, 0.25) is 5.02 Å². The lowest BCUT2D eigenvalue weighted by Crippen LogP contribution is -2.53. The largest absolute Gasteiger partial charge is 0.381 e. The number of ether oxygens (including phenoxy) is 2. The molecule has 1 aliphatic carbocycles. The fraction of sp³-hybridized carbons (Fsp3) is 0.633. The minimum atomic E-state index is -0.415. The maximum absolute atomic E-state index is 9.76. The number of rotatable bonds is 7. The van der Waals surface area contributed by atoms with Gasteiger partial charge in [-0.2, -0.15) is 5.26 Å². The summed E-state index contributed by atoms with van der Waals surface area (Å²) < 4.78 is 10.9. The van der Waals surface area contributed by atoms with Gasteiger partial charge >= 0.3 is 0 Å². The van der Waals surface area contributed by atoms with E-state index in [4.69, 9.17) is 26.1 Å². The molecule has 0 atom stereocenters. The maximum Gasteiger partial charge on any atom is 0.126 e. The summed E-state index contributed by atoms with van der Waals surface area (Å²) in [5.41, 5.74) is 1.73. The number of anilines is 2. The molecule has 1 saturated carbocycles. The van der Waals surface area contributed by atoms with Gasteiger partial charge in [-0.15, -0.1) is 0 Å². The van der Waals surface area contributed by atoms with Crippen LogP contribution in [0.3, 0.4) is 0 Å². The Kier molecular flexibility index (Phi) is 7.95. The quantitative estimate of drug-likeness (QED) is 0.475. The van der Waals surface area contributed by atoms with Gasteiger partial charge in [0.1, 0.15) is 11.6 Å². The van der Waals surface area contributed by atoms with Crippen molar-refractivity contribution in [2.24, 2.45) is 10.8 Å². The van der Waals surface area contributed by atoms with E-state index >= 15 is 0 Å². The van der Waals surface area contributed by atoms with Crippen molar-refractivity contribution in [1.82, 2.24) is 14.9 Å². The molecule has 0 bridgehead atoms. The summed E-state index contributed by atoms with van der Waals surface area (Å²) in [6.07, 6.45) is 10.5. The number of pyridine rings is 2. The number of hydrogen-bond acceptors (Lipinski definition) is 8. The van der Waals surface area contributed by atoms with Crippen LogP contribution in [0.1, 0.15) is 51.4 Å². The van der Waals surface area contributed by atoms with Crippen LogP contribution >= 0.6 is 11.6 Å². The highest BCUT2D eigenvalue weighted by Crippen LogP contribution is 2.40. The molecule has 0 amide bonds. The first-order valence-corrected chi connectivity index (χ1v) is 14.9. The zero-order chi connectivity index (χ0) is 26.7. The number of aromatic nitrogens is 2. The molecule has 4 fully saturated rings. The molecular formula is C30H39ClN6O2. The van der Waals surface area contributed by atoms with Gasteiger partial charge in [0.25, 0.3) is 0 Å². The van der Waals surface area contributed by atoms with Crippen LogP contribution in [0.25, 0.3) is 11.3 Å². The molecule has 5 heterocycles. The molecule has 2 aromatic heterocycles. The smallest absolute Gasteiger partial charge is 0.126 e. The molecule has 1 spiro atoms. The summed E-state index contributed by atoms with van der Waals surface area (Å²) in [6, 6.07) is 11.5. The van der Waals surface area contributed by atoms with E-state index in [1.165, 1.54) is 38.8 Å². The maximum atomic E-state index is 9.76. The SMILES string of the molecule is N#CC1(CNc2cccc(-c3cc(NC4CCC(N5CCC6(CC5)COC6)CC4)ncc3Cl)n2)CCOCC1. The minimum absolute atomic E-state index is 0.415. The predicted molar refractivity (Wildman–Crippen MR) is 153 cm³/mol. The van der Waals surface area contributed by atoms with Crippen LogP contribution in [-0.2, 0) is 9.47 Å². The van der Waals surface area contributed by atoms with Crippen molar-refractivity contribution in [1.29, 1.82) is 5.26 Å². The lowest BCUT2D eigenvalue weighted by atomic mass is 9.76. The van der Waals surface area contributed by atoms with Crippen LogP contribution in [-0.4, -0.2) is 73.0 Å². The Bertz CT molecular complexity index is 1170. The number of likely N-dealkylation sites (tertiary alicyclic amines) is 1. The number of nitrogens with zero attached hydrogens (tertiary/aromatic N) is 4. The molecule has 2 aromatic rings. The van der Waals surface area contributed by atoms with Gasteiger partial charge in [0.2, 0.25) is 0 Å². The van der Waals surface area contributed by atoms with Gasteiger partial charge in [0.15, 0.2) is 0 Å². The zero-order valence-electron chi connectivity index (χ0n) is 22.6. The van der Waals surface area contributed by atoms with Crippen LogP contribution < -0.4 is 10.6 Å². The van der Waals surface area contributed by atoms with Crippen molar-refractivity contribution in [3.8, 4) is 17.3 Å². The van der Waals surface area contributed by atoms with Crippen molar-refractivity contribution in [2.75, 3.05) is 56.7 Å². The molecule has 4 aliphatic rings. The summed E-state index contributed by atoms with van der Waals surface area (Å²) in [4.78, 5) is 12.1. The molecule has 8 nitrogen and oxygen atoms in total. The molecule has 6 rings (SSSR count). The molecule has 0 aromatic carbocycles. The van der Waals surface area contributed by atoms with Crippen molar-refractivity contribution in [3.05, 3.63) is 35.5 Å². The fourth-order valence-corrected chi connectivity index (χ4v) is 6.78. The van der Waals surface area contributed by atoms with Gasteiger partial charge < -0.3 is 25.0 Å². The second kappa shape index (κ2) is 11.6. The van der Waals surface area contributed by atoms with Crippen molar-refractivity contribution in [3.63, 3.8) is 0 Å². The second-order valence-electron chi connectivity index (χ2n) is 12.0. The van der Waals surface area contributed by atoms with Gasteiger partial charge in [-0.05, 0) is 82.7 Å². The monoisotopic (exact) mass is 550 g/mol. The number of halogens is 1. The van der Waals surface area contributed by atoms with Crippen molar-refractivity contribution >= 4 is 23.2 Å². The van der Waals surface area contributed by atoms with Gasteiger partial charge in [0.05, 0.1) is 35.4 Å². The molecule has 2 N–H and O–H groups in total. The van der Waals surface area contributed by atoms with E-state index in [-0.39, 0.29) is 0 Å². The Labute approximate surface area is 236 Å². The Morgan fingerprint density at radius 1 is 1.03 bits per heavy atom. The van der Waals surface area contributed by atoms with Crippen LogP contribution in [0, 0.1) is 22.2 Å². The van der Waals surface area contributed by atoms with Gasteiger partial charge in [-0.3, -0.25) is 0 Å². The van der Waals surface area contributed by atoms with E-state index in [1.54, 1.807) is 6.20 Å². The molecule has 3 saturated heterocycles. The highest BCUT2D eigenvalue weighted by Gasteiger charge is 2.42. The van der Waals surface area contributed by atoms with Crippen molar-refractivity contribution in [2.45, 2.75) is 63.5 Å². The first-order valence-electron chi connectivity index (χ1n) is 14.5. The summed E-state index contributed by atoms with van der Waals surface area (Å²) >= 11 is 6.59. The van der Waals surface area contributed by atoms with Gasteiger partial charge in [-0.1, -0.05) is 17.7 Å². The summed E-state index contributed by atoms with van der Waals surface area (Å²) in [5, 5.41) is 17.4. The molecule has 208 valence electrons. The fourth-order valence-electron chi connectivity index (χ4n) is 6.58.